The first kappa shape index (κ1) is 11.4. The standard InChI is InChI=1S/C12H18ClN/c1-3-4-5-8-14-12-7-6-11(13)9-10(12)2/h6-7,9,14H,3-5,8H2,1-2H3. The number of anilines is 1. The number of nitrogens with one attached hydrogen (secondary N) is 1. The van der Waals surface area contributed by atoms with Crippen LogP contribution in [0.2, 0.25) is 5.02 Å². The van der Waals surface area contributed by atoms with E-state index < -0.39 is 0 Å². The zero-order chi connectivity index (χ0) is 10.4. The van der Waals surface area contributed by atoms with Gasteiger partial charge in [-0.3, -0.25) is 0 Å². The van der Waals surface area contributed by atoms with Crippen LogP contribution in [0.15, 0.2) is 18.2 Å². The van der Waals surface area contributed by atoms with Crippen molar-refractivity contribution in [3.8, 4) is 0 Å². The molecule has 14 heavy (non-hydrogen) atoms. The second-order valence-electron chi connectivity index (χ2n) is 3.59. The summed E-state index contributed by atoms with van der Waals surface area (Å²) in [6.07, 6.45) is 3.79. The lowest BCUT2D eigenvalue weighted by atomic mass is 10.2. The molecule has 0 aromatic heterocycles. The zero-order valence-corrected chi connectivity index (χ0v) is 9.69. The fraction of sp³-hybridized carbons (Fsp3) is 0.500. The van der Waals surface area contributed by atoms with Crippen LogP contribution in [0.25, 0.3) is 0 Å². The van der Waals surface area contributed by atoms with Crippen molar-refractivity contribution < 1.29 is 0 Å². The molecule has 0 aliphatic carbocycles. The number of halogens is 1. The Labute approximate surface area is 91.5 Å². The van der Waals surface area contributed by atoms with Crippen molar-refractivity contribution in [1.29, 1.82) is 0 Å². The molecule has 0 fully saturated rings. The Morgan fingerprint density at radius 1 is 1.29 bits per heavy atom. The van der Waals surface area contributed by atoms with Crippen LogP contribution in [0, 0.1) is 6.92 Å². The molecule has 0 saturated carbocycles. The van der Waals surface area contributed by atoms with E-state index in [1.54, 1.807) is 0 Å². The molecule has 1 rings (SSSR count). The van der Waals surface area contributed by atoms with E-state index in [0.717, 1.165) is 11.6 Å². The van der Waals surface area contributed by atoms with Gasteiger partial charge in [0.05, 0.1) is 0 Å². The minimum Gasteiger partial charge on any atom is -0.385 e. The highest BCUT2D eigenvalue weighted by Gasteiger charge is 1.97. The van der Waals surface area contributed by atoms with Crippen LogP contribution in [0.3, 0.4) is 0 Å². The highest BCUT2D eigenvalue weighted by atomic mass is 35.5. The van der Waals surface area contributed by atoms with Gasteiger partial charge in [-0.2, -0.15) is 0 Å². The maximum absolute atomic E-state index is 5.87. The lowest BCUT2D eigenvalue weighted by molar-refractivity contribution is 0.743. The van der Waals surface area contributed by atoms with Gasteiger partial charge in [0.1, 0.15) is 0 Å². The van der Waals surface area contributed by atoms with Gasteiger partial charge < -0.3 is 5.32 Å². The first-order valence-electron chi connectivity index (χ1n) is 5.24. The van der Waals surface area contributed by atoms with E-state index in [-0.39, 0.29) is 0 Å². The Bertz CT molecular complexity index is 284. The molecule has 0 heterocycles. The number of aryl methyl sites for hydroxylation is 1. The third-order valence-electron chi connectivity index (χ3n) is 2.28. The van der Waals surface area contributed by atoms with Gasteiger partial charge in [0, 0.05) is 17.3 Å². The summed E-state index contributed by atoms with van der Waals surface area (Å²) >= 11 is 5.87. The molecular weight excluding hydrogens is 194 g/mol. The molecule has 1 aromatic carbocycles. The molecule has 1 nitrogen and oxygen atoms in total. The number of unbranched alkanes of at least 4 members (excludes halogenated alkanes) is 2. The minimum atomic E-state index is 0.807. The molecule has 0 aliphatic rings. The van der Waals surface area contributed by atoms with Crippen LogP contribution in [0.4, 0.5) is 5.69 Å². The van der Waals surface area contributed by atoms with Crippen molar-refractivity contribution in [3.05, 3.63) is 28.8 Å². The molecule has 0 aliphatic heterocycles. The summed E-state index contributed by atoms with van der Waals surface area (Å²) in [5, 5.41) is 4.22. The first-order chi connectivity index (χ1) is 6.74. The van der Waals surface area contributed by atoms with Crippen molar-refractivity contribution in [2.45, 2.75) is 33.1 Å². The lowest BCUT2D eigenvalue weighted by Gasteiger charge is -2.09. The number of rotatable bonds is 5. The molecule has 1 aromatic rings. The van der Waals surface area contributed by atoms with Crippen LogP contribution >= 0.6 is 11.6 Å². The van der Waals surface area contributed by atoms with Crippen LogP contribution in [-0.4, -0.2) is 6.54 Å². The minimum absolute atomic E-state index is 0.807. The summed E-state index contributed by atoms with van der Waals surface area (Å²) in [6, 6.07) is 5.96. The monoisotopic (exact) mass is 211 g/mol. The van der Waals surface area contributed by atoms with Gasteiger partial charge in [0.25, 0.3) is 0 Å². The quantitative estimate of drug-likeness (QED) is 0.718. The topological polar surface area (TPSA) is 12.0 Å². The molecule has 78 valence electrons. The molecule has 0 spiro atoms. The summed E-state index contributed by atoms with van der Waals surface area (Å²) in [6.45, 7) is 5.35. The van der Waals surface area contributed by atoms with Crippen LogP contribution < -0.4 is 5.32 Å². The van der Waals surface area contributed by atoms with Gasteiger partial charge in [0.2, 0.25) is 0 Å². The first-order valence-corrected chi connectivity index (χ1v) is 5.62. The van der Waals surface area contributed by atoms with Gasteiger partial charge >= 0.3 is 0 Å². The van der Waals surface area contributed by atoms with E-state index in [2.05, 4.69) is 19.2 Å². The fourth-order valence-corrected chi connectivity index (χ4v) is 1.65. The third-order valence-corrected chi connectivity index (χ3v) is 2.52. The smallest absolute Gasteiger partial charge is 0.0410 e. The van der Waals surface area contributed by atoms with Crippen LogP contribution in [0.5, 0.6) is 0 Å². The predicted molar refractivity (Wildman–Crippen MR) is 64.2 cm³/mol. The highest BCUT2D eigenvalue weighted by molar-refractivity contribution is 6.30. The second-order valence-corrected chi connectivity index (χ2v) is 4.03. The molecule has 0 bridgehead atoms. The fourth-order valence-electron chi connectivity index (χ4n) is 1.42. The molecule has 0 unspecified atom stereocenters. The van der Waals surface area contributed by atoms with E-state index in [1.807, 2.05) is 18.2 Å². The molecule has 0 atom stereocenters. The van der Waals surface area contributed by atoms with Gasteiger partial charge in [-0.1, -0.05) is 31.4 Å². The molecule has 0 saturated heterocycles. The summed E-state index contributed by atoms with van der Waals surface area (Å²) in [5.74, 6) is 0. The molecule has 1 N–H and O–H groups in total. The van der Waals surface area contributed by atoms with Crippen LogP contribution in [0.1, 0.15) is 31.7 Å². The van der Waals surface area contributed by atoms with E-state index in [9.17, 15) is 0 Å². The molecule has 0 amide bonds. The van der Waals surface area contributed by atoms with Gasteiger partial charge in [0.15, 0.2) is 0 Å². The van der Waals surface area contributed by atoms with Gasteiger partial charge in [-0.15, -0.1) is 0 Å². The Morgan fingerprint density at radius 2 is 2.07 bits per heavy atom. The SMILES string of the molecule is CCCCCNc1ccc(Cl)cc1C. The normalized spacial score (nSPS) is 10.2. The summed E-state index contributed by atoms with van der Waals surface area (Å²) < 4.78 is 0. The maximum Gasteiger partial charge on any atom is 0.0410 e. The largest absolute Gasteiger partial charge is 0.385 e. The van der Waals surface area contributed by atoms with Crippen molar-refractivity contribution in [1.82, 2.24) is 0 Å². The molecule has 0 radical (unpaired) electrons. The van der Waals surface area contributed by atoms with E-state index in [1.165, 1.54) is 30.5 Å². The van der Waals surface area contributed by atoms with Crippen molar-refractivity contribution in [2.75, 3.05) is 11.9 Å². The van der Waals surface area contributed by atoms with E-state index in [0.29, 0.717) is 0 Å². The zero-order valence-electron chi connectivity index (χ0n) is 8.94. The second kappa shape index (κ2) is 5.92. The average molecular weight is 212 g/mol. The van der Waals surface area contributed by atoms with Crippen molar-refractivity contribution in [2.24, 2.45) is 0 Å². The predicted octanol–water partition coefficient (Wildman–Crippen LogP) is 4.25. The van der Waals surface area contributed by atoms with Crippen molar-refractivity contribution >= 4 is 17.3 Å². The Balaban J connectivity index is 2.42. The molecular formula is C12H18ClN. The van der Waals surface area contributed by atoms with E-state index in [4.69, 9.17) is 11.6 Å². The van der Waals surface area contributed by atoms with Crippen LogP contribution in [-0.2, 0) is 0 Å². The summed E-state index contributed by atoms with van der Waals surface area (Å²) in [7, 11) is 0. The number of hydrogen-bond donors (Lipinski definition) is 1. The Kier molecular flexibility index (Phi) is 4.81. The number of benzene rings is 1. The Morgan fingerprint density at radius 3 is 2.71 bits per heavy atom. The number of hydrogen-bond acceptors (Lipinski definition) is 1. The Hall–Kier alpha value is -0.690. The lowest BCUT2D eigenvalue weighted by Crippen LogP contribution is -2.02. The van der Waals surface area contributed by atoms with Gasteiger partial charge in [-0.25, -0.2) is 0 Å². The average Bonchev–Trinajstić information content (AvgIpc) is 2.15. The third kappa shape index (κ3) is 3.59. The van der Waals surface area contributed by atoms with E-state index >= 15 is 0 Å². The molecule has 2 heteroatoms. The highest BCUT2D eigenvalue weighted by Crippen LogP contribution is 2.19. The van der Waals surface area contributed by atoms with Gasteiger partial charge in [-0.05, 0) is 37.1 Å². The van der Waals surface area contributed by atoms with Crippen molar-refractivity contribution in [3.63, 3.8) is 0 Å². The summed E-state index contributed by atoms with van der Waals surface area (Å²) in [5.41, 5.74) is 2.42. The summed E-state index contributed by atoms with van der Waals surface area (Å²) in [4.78, 5) is 0. The maximum atomic E-state index is 5.87.